The van der Waals surface area contributed by atoms with Gasteiger partial charge in [0, 0.05) is 29.7 Å². The summed E-state index contributed by atoms with van der Waals surface area (Å²) in [4.78, 5) is 10.8. The van der Waals surface area contributed by atoms with E-state index in [2.05, 4.69) is 24.8 Å². The first-order valence-electron chi connectivity index (χ1n) is 9.72. The fraction of sp³-hybridized carbons (Fsp3) is 0.125. The Hall–Kier alpha value is -3.93. The average Bonchev–Trinajstić information content (AvgIpc) is 3.24. The van der Waals surface area contributed by atoms with Gasteiger partial charge in [0.25, 0.3) is 5.69 Å². The second kappa shape index (κ2) is 7.15. The van der Waals surface area contributed by atoms with E-state index >= 15 is 0 Å². The largest absolute Gasteiger partial charge is 0.464 e. The molecule has 2 unspecified atom stereocenters. The van der Waals surface area contributed by atoms with E-state index in [0.29, 0.717) is 11.1 Å². The molecule has 2 aliphatic heterocycles. The highest BCUT2D eigenvalue weighted by atomic mass is 16.6. The molecule has 148 valence electrons. The molecule has 5 rings (SSSR count). The minimum absolute atomic E-state index is 0.0191. The van der Waals surface area contributed by atoms with Crippen molar-refractivity contribution in [2.75, 3.05) is 0 Å². The van der Waals surface area contributed by atoms with E-state index in [-0.39, 0.29) is 11.7 Å². The van der Waals surface area contributed by atoms with Crippen LogP contribution in [0.25, 0.3) is 5.57 Å². The summed E-state index contributed by atoms with van der Waals surface area (Å²) in [5.41, 5.74) is 4.46. The molecule has 0 bridgehead atoms. The van der Waals surface area contributed by atoms with Crippen molar-refractivity contribution in [3.05, 3.63) is 112 Å². The van der Waals surface area contributed by atoms with Gasteiger partial charge in [-0.15, -0.1) is 0 Å². The summed E-state index contributed by atoms with van der Waals surface area (Å²) in [7, 11) is 0. The Bertz CT molecular complexity index is 1170. The molecule has 0 saturated heterocycles. The van der Waals surface area contributed by atoms with Crippen molar-refractivity contribution in [3.8, 4) is 5.75 Å². The van der Waals surface area contributed by atoms with Crippen LogP contribution in [0.1, 0.15) is 29.2 Å². The number of rotatable bonds is 4. The van der Waals surface area contributed by atoms with Gasteiger partial charge in [-0.2, -0.15) is 5.10 Å². The van der Waals surface area contributed by atoms with Gasteiger partial charge >= 0.3 is 0 Å². The highest BCUT2D eigenvalue weighted by molar-refractivity contribution is 6.02. The van der Waals surface area contributed by atoms with Gasteiger partial charge in [0.1, 0.15) is 5.75 Å². The SMILES string of the molecule is C=C(c1cccc([N+](=O)[O-])c1)C1Oc2ccccc2C2CC(c3ccccc3)=NN12. The van der Waals surface area contributed by atoms with E-state index < -0.39 is 11.2 Å². The molecular formula is C24H19N3O3. The van der Waals surface area contributed by atoms with Gasteiger partial charge in [0.15, 0.2) is 0 Å². The van der Waals surface area contributed by atoms with Crippen molar-refractivity contribution in [1.82, 2.24) is 5.01 Å². The van der Waals surface area contributed by atoms with Crippen LogP contribution in [0.5, 0.6) is 5.75 Å². The summed E-state index contributed by atoms with van der Waals surface area (Å²) < 4.78 is 6.30. The molecule has 2 atom stereocenters. The van der Waals surface area contributed by atoms with Crippen LogP contribution in [-0.2, 0) is 0 Å². The number of benzene rings is 3. The van der Waals surface area contributed by atoms with Gasteiger partial charge in [-0.25, -0.2) is 5.01 Å². The molecule has 0 fully saturated rings. The summed E-state index contributed by atoms with van der Waals surface area (Å²) in [6.45, 7) is 4.22. The Morgan fingerprint density at radius 2 is 1.83 bits per heavy atom. The number of hydrogen-bond acceptors (Lipinski definition) is 5. The lowest BCUT2D eigenvalue weighted by Crippen LogP contribution is -2.40. The predicted octanol–water partition coefficient (Wildman–Crippen LogP) is 5.18. The first kappa shape index (κ1) is 18.1. The summed E-state index contributed by atoms with van der Waals surface area (Å²) >= 11 is 0. The zero-order valence-corrected chi connectivity index (χ0v) is 16.1. The van der Waals surface area contributed by atoms with Gasteiger partial charge < -0.3 is 4.74 Å². The Morgan fingerprint density at radius 3 is 2.63 bits per heavy atom. The van der Waals surface area contributed by atoms with E-state index in [1.165, 1.54) is 12.1 Å². The zero-order valence-electron chi connectivity index (χ0n) is 16.1. The Kier molecular flexibility index (Phi) is 4.32. The second-order valence-corrected chi connectivity index (χ2v) is 7.35. The molecule has 2 heterocycles. The number of non-ortho nitro benzene ring substituents is 1. The lowest BCUT2D eigenvalue weighted by Gasteiger charge is -2.38. The normalized spacial score (nSPS) is 19.3. The molecule has 6 nitrogen and oxygen atoms in total. The third-order valence-electron chi connectivity index (χ3n) is 5.53. The van der Waals surface area contributed by atoms with Gasteiger partial charge in [0.05, 0.1) is 16.7 Å². The smallest absolute Gasteiger partial charge is 0.270 e. The quantitative estimate of drug-likeness (QED) is 0.449. The van der Waals surface area contributed by atoms with E-state index in [1.807, 2.05) is 47.5 Å². The highest BCUT2D eigenvalue weighted by Crippen LogP contribution is 2.45. The lowest BCUT2D eigenvalue weighted by molar-refractivity contribution is -0.384. The van der Waals surface area contributed by atoms with Crippen LogP contribution < -0.4 is 4.74 Å². The van der Waals surface area contributed by atoms with Crippen LogP contribution in [-0.4, -0.2) is 21.9 Å². The molecule has 0 saturated carbocycles. The van der Waals surface area contributed by atoms with Crippen molar-refractivity contribution >= 4 is 17.0 Å². The van der Waals surface area contributed by atoms with Crippen LogP contribution in [0.3, 0.4) is 0 Å². The maximum absolute atomic E-state index is 11.2. The minimum Gasteiger partial charge on any atom is -0.464 e. The molecule has 3 aromatic rings. The molecule has 0 spiro atoms. The zero-order chi connectivity index (χ0) is 20.7. The Morgan fingerprint density at radius 1 is 1.07 bits per heavy atom. The number of nitro groups is 1. The van der Waals surface area contributed by atoms with Crippen molar-refractivity contribution in [3.63, 3.8) is 0 Å². The van der Waals surface area contributed by atoms with Crippen LogP contribution in [0.2, 0.25) is 0 Å². The molecule has 6 heteroatoms. The fourth-order valence-electron chi connectivity index (χ4n) is 4.03. The molecule has 30 heavy (non-hydrogen) atoms. The van der Waals surface area contributed by atoms with E-state index in [1.54, 1.807) is 6.07 Å². The highest BCUT2D eigenvalue weighted by Gasteiger charge is 2.41. The number of hydrogen-bond donors (Lipinski definition) is 0. The Labute approximate surface area is 173 Å². The fourth-order valence-corrected chi connectivity index (χ4v) is 4.03. The number of ether oxygens (including phenoxy) is 1. The van der Waals surface area contributed by atoms with Gasteiger partial charge in [-0.05, 0) is 17.2 Å². The van der Waals surface area contributed by atoms with Crippen molar-refractivity contribution < 1.29 is 9.66 Å². The van der Waals surface area contributed by atoms with Crippen LogP contribution >= 0.6 is 0 Å². The van der Waals surface area contributed by atoms with Crippen molar-refractivity contribution in [1.29, 1.82) is 0 Å². The second-order valence-electron chi connectivity index (χ2n) is 7.35. The topological polar surface area (TPSA) is 68.0 Å². The molecule has 0 aliphatic carbocycles. The standard InChI is InChI=1S/C24H19N3O3/c1-16(18-10-7-11-19(14-18)27(28)29)24-26-22(20-12-5-6-13-23(20)30-24)15-21(25-26)17-8-3-2-4-9-17/h2-14,22,24H,1,15H2. The first-order chi connectivity index (χ1) is 14.6. The minimum atomic E-state index is -0.548. The molecule has 2 aliphatic rings. The van der Waals surface area contributed by atoms with Crippen molar-refractivity contribution in [2.24, 2.45) is 5.10 Å². The monoisotopic (exact) mass is 397 g/mol. The lowest BCUT2D eigenvalue weighted by atomic mass is 9.95. The van der Waals surface area contributed by atoms with Gasteiger partial charge in [-0.1, -0.05) is 67.2 Å². The van der Waals surface area contributed by atoms with Crippen LogP contribution in [0.4, 0.5) is 5.69 Å². The van der Waals surface area contributed by atoms with E-state index in [9.17, 15) is 10.1 Å². The maximum atomic E-state index is 11.2. The number of hydrazone groups is 1. The predicted molar refractivity (Wildman–Crippen MR) is 115 cm³/mol. The summed E-state index contributed by atoms with van der Waals surface area (Å²) in [5, 5.41) is 18.0. The molecule has 0 N–H and O–H groups in total. The summed E-state index contributed by atoms with van der Waals surface area (Å²) in [6.07, 6.45) is 0.205. The van der Waals surface area contributed by atoms with E-state index in [0.717, 1.165) is 29.0 Å². The van der Waals surface area contributed by atoms with Crippen molar-refractivity contribution in [2.45, 2.75) is 18.7 Å². The molecule has 3 aromatic carbocycles. The first-order valence-corrected chi connectivity index (χ1v) is 9.72. The third kappa shape index (κ3) is 3.03. The molecular weight excluding hydrogens is 378 g/mol. The molecule has 0 aromatic heterocycles. The number of nitrogens with zero attached hydrogens (tertiary/aromatic N) is 3. The maximum Gasteiger partial charge on any atom is 0.270 e. The number of para-hydroxylation sites is 1. The number of fused-ring (bicyclic) bond motifs is 3. The Balaban J connectivity index is 1.56. The summed E-state index contributed by atoms with van der Waals surface area (Å²) in [6, 6.07) is 24.5. The van der Waals surface area contributed by atoms with Crippen LogP contribution in [0, 0.1) is 10.1 Å². The summed E-state index contributed by atoms with van der Waals surface area (Å²) in [5.74, 6) is 0.792. The number of nitro benzene ring substituents is 1. The average molecular weight is 397 g/mol. The van der Waals surface area contributed by atoms with Gasteiger partial charge in [0.2, 0.25) is 6.23 Å². The molecule has 0 radical (unpaired) electrons. The van der Waals surface area contributed by atoms with Crippen LogP contribution in [0.15, 0.2) is 90.5 Å². The van der Waals surface area contributed by atoms with E-state index in [4.69, 9.17) is 9.84 Å². The van der Waals surface area contributed by atoms with Gasteiger partial charge in [-0.3, -0.25) is 10.1 Å². The molecule has 0 amide bonds. The third-order valence-corrected chi connectivity index (χ3v) is 5.53.